The van der Waals surface area contributed by atoms with Gasteiger partial charge in [0.2, 0.25) is 0 Å². The quantitative estimate of drug-likeness (QED) is 0.684. The zero-order valence-electron chi connectivity index (χ0n) is 10.6. The molecule has 0 saturated heterocycles. The SMILES string of the molecule is O=C(Cc1cccc(F)c1)c1cccc2nccnc12. The molecule has 0 N–H and O–H groups in total. The summed E-state index contributed by atoms with van der Waals surface area (Å²) in [5.41, 5.74) is 2.42. The summed E-state index contributed by atoms with van der Waals surface area (Å²) in [6.07, 6.45) is 3.29. The zero-order chi connectivity index (χ0) is 13.9. The largest absolute Gasteiger partial charge is 0.294 e. The number of aromatic nitrogens is 2. The second-order valence-corrected chi connectivity index (χ2v) is 4.46. The summed E-state index contributed by atoms with van der Waals surface area (Å²) >= 11 is 0. The van der Waals surface area contributed by atoms with E-state index in [0.717, 1.165) is 0 Å². The monoisotopic (exact) mass is 266 g/mol. The number of carbonyl (C=O) groups excluding carboxylic acids is 1. The van der Waals surface area contributed by atoms with Gasteiger partial charge < -0.3 is 0 Å². The molecule has 3 aromatic rings. The number of carbonyl (C=O) groups is 1. The van der Waals surface area contributed by atoms with E-state index in [2.05, 4.69) is 9.97 Å². The molecule has 2 aromatic carbocycles. The molecule has 0 aliphatic carbocycles. The van der Waals surface area contributed by atoms with Gasteiger partial charge >= 0.3 is 0 Å². The number of hydrogen-bond acceptors (Lipinski definition) is 3. The van der Waals surface area contributed by atoms with Gasteiger partial charge in [-0.2, -0.15) is 0 Å². The number of hydrogen-bond donors (Lipinski definition) is 0. The van der Waals surface area contributed by atoms with Crippen LogP contribution in [0, 0.1) is 5.82 Å². The van der Waals surface area contributed by atoms with E-state index in [-0.39, 0.29) is 18.0 Å². The number of ketones is 1. The van der Waals surface area contributed by atoms with Crippen molar-refractivity contribution in [2.75, 3.05) is 0 Å². The van der Waals surface area contributed by atoms with Gasteiger partial charge in [-0.25, -0.2) is 4.39 Å². The summed E-state index contributed by atoms with van der Waals surface area (Å²) in [6, 6.07) is 11.4. The van der Waals surface area contributed by atoms with Gasteiger partial charge in [-0.15, -0.1) is 0 Å². The van der Waals surface area contributed by atoms with Gasteiger partial charge in [0.15, 0.2) is 5.78 Å². The molecule has 0 aliphatic heterocycles. The second kappa shape index (κ2) is 5.17. The van der Waals surface area contributed by atoms with E-state index in [1.165, 1.54) is 12.1 Å². The minimum Gasteiger partial charge on any atom is -0.294 e. The molecule has 0 aliphatic rings. The van der Waals surface area contributed by atoms with Crippen LogP contribution in [0.2, 0.25) is 0 Å². The number of para-hydroxylation sites is 1. The maximum absolute atomic E-state index is 13.1. The van der Waals surface area contributed by atoms with Gasteiger partial charge in [-0.3, -0.25) is 14.8 Å². The minimum absolute atomic E-state index is 0.0956. The van der Waals surface area contributed by atoms with Crippen molar-refractivity contribution in [3.05, 3.63) is 71.8 Å². The van der Waals surface area contributed by atoms with Crippen molar-refractivity contribution in [2.24, 2.45) is 0 Å². The predicted molar refractivity (Wildman–Crippen MR) is 74.0 cm³/mol. The number of fused-ring (bicyclic) bond motifs is 1. The standard InChI is InChI=1S/C16H11FN2O/c17-12-4-1-3-11(9-12)10-15(20)13-5-2-6-14-16(13)19-8-7-18-14/h1-9H,10H2. The molecule has 0 unspecified atom stereocenters. The van der Waals surface area contributed by atoms with Crippen molar-refractivity contribution < 1.29 is 9.18 Å². The third-order valence-electron chi connectivity index (χ3n) is 3.05. The molecular weight excluding hydrogens is 255 g/mol. The molecule has 0 atom stereocenters. The van der Waals surface area contributed by atoms with E-state index in [1.54, 1.807) is 42.7 Å². The highest BCUT2D eigenvalue weighted by Crippen LogP contribution is 2.16. The normalized spacial score (nSPS) is 10.7. The first kappa shape index (κ1) is 12.4. The fourth-order valence-electron chi connectivity index (χ4n) is 2.15. The molecular formula is C16H11FN2O. The van der Waals surface area contributed by atoms with Gasteiger partial charge in [-0.1, -0.05) is 18.2 Å². The Morgan fingerprint density at radius 3 is 2.70 bits per heavy atom. The van der Waals surface area contributed by atoms with Gasteiger partial charge in [-0.05, 0) is 29.8 Å². The highest BCUT2D eigenvalue weighted by molar-refractivity contribution is 6.06. The lowest BCUT2D eigenvalue weighted by Gasteiger charge is -2.04. The van der Waals surface area contributed by atoms with Crippen LogP contribution in [0.4, 0.5) is 4.39 Å². The molecule has 98 valence electrons. The molecule has 0 saturated carbocycles. The Balaban J connectivity index is 1.97. The van der Waals surface area contributed by atoms with Gasteiger partial charge in [0, 0.05) is 24.4 Å². The predicted octanol–water partition coefficient (Wildman–Crippen LogP) is 3.19. The van der Waals surface area contributed by atoms with Crippen molar-refractivity contribution in [2.45, 2.75) is 6.42 Å². The molecule has 1 heterocycles. The highest BCUT2D eigenvalue weighted by atomic mass is 19.1. The molecule has 3 nitrogen and oxygen atoms in total. The lowest BCUT2D eigenvalue weighted by molar-refractivity contribution is 0.0994. The molecule has 0 radical (unpaired) electrons. The number of rotatable bonds is 3. The van der Waals surface area contributed by atoms with Crippen LogP contribution in [0.1, 0.15) is 15.9 Å². The van der Waals surface area contributed by atoms with Crippen LogP contribution in [0.15, 0.2) is 54.9 Å². The third kappa shape index (κ3) is 2.40. The lowest BCUT2D eigenvalue weighted by atomic mass is 10.0. The Morgan fingerprint density at radius 2 is 1.85 bits per heavy atom. The molecule has 20 heavy (non-hydrogen) atoms. The smallest absolute Gasteiger partial charge is 0.169 e. The summed E-state index contributed by atoms with van der Waals surface area (Å²) in [6.45, 7) is 0. The van der Waals surface area contributed by atoms with Crippen LogP contribution in [-0.4, -0.2) is 15.8 Å². The Labute approximate surface area is 115 Å². The van der Waals surface area contributed by atoms with Crippen molar-refractivity contribution in [3.8, 4) is 0 Å². The van der Waals surface area contributed by atoms with Crippen LogP contribution < -0.4 is 0 Å². The Kier molecular flexibility index (Phi) is 3.21. The Bertz CT molecular complexity index is 781. The molecule has 0 fully saturated rings. The first-order valence-corrected chi connectivity index (χ1v) is 6.21. The van der Waals surface area contributed by atoms with E-state index in [4.69, 9.17) is 0 Å². The zero-order valence-corrected chi connectivity index (χ0v) is 10.6. The van der Waals surface area contributed by atoms with Crippen LogP contribution in [-0.2, 0) is 6.42 Å². The van der Waals surface area contributed by atoms with Crippen LogP contribution in [0.5, 0.6) is 0 Å². The van der Waals surface area contributed by atoms with Crippen molar-refractivity contribution in [1.82, 2.24) is 9.97 Å². The van der Waals surface area contributed by atoms with E-state index < -0.39 is 0 Å². The van der Waals surface area contributed by atoms with E-state index in [9.17, 15) is 9.18 Å². The van der Waals surface area contributed by atoms with E-state index in [0.29, 0.717) is 22.2 Å². The molecule has 3 rings (SSSR count). The van der Waals surface area contributed by atoms with Crippen LogP contribution in [0.3, 0.4) is 0 Å². The number of nitrogens with zero attached hydrogens (tertiary/aromatic N) is 2. The summed E-state index contributed by atoms with van der Waals surface area (Å²) in [4.78, 5) is 20.7. The molecule has 0 amide bonds. The fraction of sp³-hybridized carbons (Fsp3) is 0.0625. The highest BCUT2D eigenvalue weighted by Gasteiger charge is 2.12. The lowest BCUT2D eigenvalue weighted by Crippen LogP contribution is -2.05. The fourth-order valence-corrected chi connectivity index (χ4v) is 2.15. The first-order chi connectivity index (χ1) is 9.74. The summed E-state index contributed by atoms with van der Waals surface area (Å²) in [7, 11) is 0. The Hall–Kier alpha value is -2.62. The van der Waals surface area contributed by atoms with Gasteiger partial charge in [0.1, 0.15) is 5.82 Å². The molecule has 1 aromatic heterocycles. The third-order valence-corrected chi connectivity index (χ3v) is 3.05. The minimum atomic E-state index is -0.340. The number of Topliss-reactive ketones (excluding diaryl/α,β-unsaturated/α-hetero) is 1. The molecule has 0 bridgehead atoms. The maximum Gasteiger partial charge on any atom is 0.169 e. The van der Waals surface area contributed by atoms with Crippen LogP contribution in [0.25, 0.3) is 11.0 Å². The first-order valence-electron chi connectivity index (χ1n) is 6.21. The number of halogens is 1. The van der Waals surface area contributed by atoms with Crippen molar-refractivity contribution in [1.29, 1.82) is 0 Å². The number of benzene rings is 2. The van der Waals surface area contributed by atoms with E-state index >= 15 is 0 Å². The summed E-state index contributed by atoms with van der Waals surface area (Å²) in [5, 5.41) is 0. The average molecular weight is 266 g/mol. The van der Waals surface area contributed by atoms with Crippen molar-refractivity contribution >= 4 is 16.8 Å². The molecule has 0 spiro atoms. The van der Waals surface area contributed by atoms with Gasteiger partial charge in [0.05, 0.1) is 11.0 Å². The van der Waals surface area contributed by atoms with E-state index in [1.807, 2.05) is 0 Å². The molecule has 4 heteroatoms. The van der Waals surface area contributed by atoms with Gasteiger partial charge in [0.25, 0.3) is 0 Å². The summed E-state index contributed by atoms with van der Waals surface area (Å²) in [5.74, 6) is -0.435. The Morgan fingerprint density at radius 1 is 1.05 bits per heavy atom. The second-order valence-electron chi connectivity index (χ2n) is 4.46. The average Bonchev–Trinajstić information content (AvgIpc) is 2.46. The topological polar surface area (TPSA) is 42.9 Å². The van der Waals surface area contributed by atoms with Crippen LogP contribution >= 0.6 is 0 Å². The van der Waals surface area contributed by atoms with Crippen molar-refractivity contribution in [3.63, 3.8) is 0 Å². The summed E-state index contributed by atoms with van der Waals surface area (Å²) < 4.78 is 13.1. The maximum atomic E-state index is 13.1.